The second-order valence-corrected chi connectivity index (χ2v) is 8.98. The maximum atomic E-state index is 13.4. The van der Waals surface area contributed by atoms with Crippen molar-refractivity contribution in [1.82, 2.24) is 25.1 Å². The predicted octanol–water partition coefficient (Wildman–Crippen LogP) is 1.60. The van der Waals surface area contributed by atoms with Crippen molar-refractivity contribution in [3.8, 4) is 11.4 Å². The normalized spacial score (nSPS) is 15.7. The molecule has 1 fully saturated rings. The van der Waals surface area contributed by atoms with Crippen LogP contribution in [0.1, 0.15) is 36.7 Å². The summed E-state index contributed by atoms with van der Waals surface area (Å²) in [5, 5.41) is 17.9. The number of piperazine rings is 1. The quantitative estimate of drug-likeness (QED) is 0.485. The van der Waals surface area contributed by atoms with E-state index in [1.165, 1.54) is 15.9 Å². The van der Waals surface area contributed by atoms with Crippen molar-refractivity contribution in [2.24, 2.45) is 5.10 Å². The Hall–Kier alpha value is -4.55. The monoisotopic (exact) mass is 537 g/mol. The fraction of sp³-hybridized carbons (Fsp3) is 0.423. The predicted molar refractivity (Wildman–Crippen MR) is 141 cm³/mol. The first-order chi connectivity index (χ1) is 18.9. The maximum absolute atomic E-state index is 13.4. The number of rotatable bonds is 9. The molecule has 0 radical (unpaired) electrons. The number of benzene rings is 1. The summed E-state index contributed by atoms with van der Waals surface area (Å²) in [4.78, 5) is 62.1. The molecule has 2 N–H and O–H groups in total. The van der Waals surface area contributed by atoms with E-state index in [4.69, 9.17) is 4.74 Å². The SMILES string of the molecule is CCOC(=O)N1CCN(C(=O)C(CCC(=O)O)NC(=O)c2cc(N3CCC=N3)nc(-c3ccccc3)n2)CC1. The third kappa shape index (κ3) is 7.06. The largest absolute Gasteiger partial charge is 0.481 e. The summed E-state index contributed by atoms with van der Waals surface area (Å²) in [6, 6.07) is 9.58. The van der Waals surface area contributed by atoms with Crippen LogP contribution < -0.4 is 10.3 Å². The van der Waals surface area contributed by atoms with Gasteiger partial charge in [-0.25, -0.2) is 19.8 Å². The summed E-state index contributed by atoms with van der Waals surface area (Å²) >= 11 is 0. The van der Waals surface area contributed by atoms with Crippen LogP contribution in [0.3, 0.4) is 0 Å². The Labute approximate surface area is 225 Å². The number of aromatic nitrogens is 2. The zero-order valence-electron chi connectivity index (χ0n) is 21.7. The summed E-state index contributed by atoms with van der Waals surface area (Å²) < 4.78 is 5.02. The van der Waals surface area contributed by atoms with E-state index in [9.17, 15) is 24.3 Å². The van der Waals surface area contributed by atoms with Crippen molar-refractivity contribution >= 4 is 35.9 Å². The lowest BCUT2D eigenvalue weighted by molar-refractivity contribution is -0.138. The van der Waals surface area contributed by atoms with Gasteiger partial charge in [0.15, 0.2) is 11.6 Å². The molecule has 206 valence electrons. The van der Waals surface area contributed by atoms with Gasteiger partial charge in [0.2, 0.25) is 5.91 Å². The Morgan fingerprint density at radius 2 is 1.74 bits per heavy atom. The minimum Gasteiger partial charge on any atom is -0.481 e. The highest BCUT2D eigenvalue weighted by Crippen LogP contribution is 2.22. The third-order valence-corrected chi connectivity index (χ3v) is 6.30. The van der Waals surface area contributed by atoms with E-state index in [1.54, 1.807) is 18.1 Å². The van der Waals surface area contributed by atoms with Crippen LogP contribution >= 0.6 is 0 Å². The Balaban J connectivity index is 1.53. The molecule has 39 heavy (non-hydrogen) atoms. The summed E-state index contributed by atoms with van der Waals surface area (Å²) in [6.45, 7) is 3.59. The molecule has 0 saturated carbocycles. The van der Waals surface area contributed by atoms with Crippen LogP contribution in [0, 0.1) is 0 Å². The molecule has 3 heterocycles. The molecule has 3 amide bonds. The first kappa shape index (κ1) is 27.5. The minimum atomic E-state index is -1.09. The molecule has 1 aromatic heterocycles. The van der Waals surface area contributed by atoms with Gasteiger partial charge in [0.05, 0.1) is 6.61 Å². The van der Waals surface area contributed by atoms with Gasteiger partial charge in [-0.05, 0) is 13.3 Å². The van der Waals surface area contributed by atoms with Crippen molar-refractivity contribution in [1.29, 1.82) is 0 Å². The van der Waals surface area contributed by atoms with E-state index < -0.39 is 29.9 Å². The highest BCUT2D eigenvalue weighted by molar-refractivity contribution is 5.97. The smallest absolute Gasteiger partial charge is 0.409 e. The zero-order valence-corrected chi connectivity index (χ0v) is 21.7. The standard InChI is InChI=1S/C26H31N7O6/c1-2-39-26(38)32-15-13-31(14-16-32)25(37)19(9-10-22(34)35)29-24(36)20-17-21(33-12-6-11-27-33)30-23(28-20)18-7-4-3-5-8-18/h3-5,7-8,11,17,19H,2,6,9-10,12-16H2,1H3,(H,29,36)(H,34,35). The number of carboxylic acid groups (broad SMARTS) is 1. The number of amides is 3. The van der Waals surface area contributed by atoms with Crippen LogP contribution in [-0.2, 0) is 14.3 Å². The highest BCUT2D eigenvalue weighted by Gasteiger charge is 2.31. The summed E-state index contributed by atoms with van der Waals surface area (Å²) in [5.74, 6) is -1.38. The molecule has 13 heteroatoms. The summed E-state index contributed by atoms with van der Waals surface area (Å²) in [5.41, 5.74) is 0.732. The van der Waals surface area contributed by atoms with Crippen molar-refractivity contribution in [3.05, 3.63) is 42.1 Å². The summed E-state index contributed by atoms with van der Waals surface area (Å²) in [7, 11) is 0. The third-order valence-electron chi connectivity index (χ3n) is 6.30. The average Bonchev–Trinajstić information content (AvgIpc) is 3.50. The van der Waals surface area contributed by atoms with E-state index >= 15 is 0 Å². The van der Waals surface area contributed by atoms with Crippen LogP contribution in [0.4, 0.5) is 10.6 Å². The Kier molecular flexibility index (Phi) is 9.02. The highest BCUT2D eigenvalue weighted by atomic mass is 16.6. The van der Waals surface area contributed by atoms with Gasteiger partial charge in [0, 0.05) is 63.4 Å². The molecular formula is C26H31N7O6. The van der Waals surface area contributed by atoms with E-state index in [2.05, 4.69) is 20.4 Å². The van der Waals surface area contributed by atoms with Crippen molar-refractivity contribution in [2.45, 2.75) is 32.2 Å². The van der Waals surface area contributed by atoms with Crippen molar-refractivity contribution in [3.63, 3.8) is 0 Å². The number of aliphatic carboxylic acids is 1. The lowest BCUT2D eigenvalue weighted by Crippen LogP contribution is -2.56. The zero-order chi connectivity index (χ0) is 27.8. The Morgan fingerprint density at radius 1 is 1.03 bits per heavy atom. The van der Waals surface area contributed by atoms with E-state index in [1.807, 2.05) is 30.3 Å². The van der Waals surface area contributed by atoms with Crippen LogP contribution in [0.25, 0.3) is 11.4 Å². The molecule has 1 unspecified atom stereocenters. The molecule has 2 aliphatic rings. The molecule has 0 bridgehead atoms. The fourth-order valence-electron chi connectivity index (χ4n) is 4.27. The van der Waals surface area contributed by atoms with Crippen LogP contribution in [0.5, 0.6) is 0 Å². The number of carbonyl (C=O) groups is 4. The van der Waals surface area contributed by atoms with Crippen molar-refractivity contribution < 1.29 is 29.0 Å². The number of carboxylic acids is 1. The fourth-order valence-corrected chi connectivity index (χ4v) is 4.27. The number of ether oxygens (including phenoxy) is 1. The Morgan fingerprint density at radius 3 is 2.38 bits per heavy atom. The lowest BCUT2D eigenvalue weighted by Gasteiger charge is -2.35. The number of hydrazone groups is 1. The number of nitrogens with zero attached hydrogens (tertiary/aromatic N) is 6. The molecular weight excluding hydrogens is 506 g/mol. The molecule has 2 aliphatic heterocycles. The molecule has 1 aromatic carbocycles. The number of nitrogens with one attached hydrogen (secondary N) is 1. The lowest BCUT2D eigenvalue weighted by atomic mass is 10.1. The van der Waals surface area contributed by atoms with Crippen LogP contribution in [0.15, 0.2) is 41.5 Å². The van der Waals surface area contributed by atoms with Gasteiger partial charge in [0.1, 0.15) is 11.7 Å². The van der Waals surface area contributed by atoms with Gasteiger partial charge in [-0.2, -0.15) is 5.10 Å². The first-order valence-electron chi connectivity index (χ1n) is 12.8. The molecule has 0 spiro atoms. The molecule has 1 saturated heterocycles. The molecule has 4 rings (SSSR count). The van der Waals surface area contributed by atoms with Gasteiger partial charge >= 0.3 is 12.1 Å². The maximum Gasteiger partial charge on any atom is 0.409 e. The van der Waals surface area contributed by atoms with E-state index in [-0.39, 0.29) is 51.3 Å². The average molecular weight is 538 g/mol. The second-order valence-electron chi connectivity index (χ2n) is 8.98. The van der Waals surface area contributed by atoms with Crippen molar-refractivity contribution in [2.75, 3.05) is 44.3 Å². The summed E-state index contributed by atoms with van der Waals surface area (Å²) in [6.07, 6.45) is 1.63. The number of anilines is 1. The minimum absolute atomic E-state index is 0.0289. The Bertz CT molecular complexity index is 1230. The topological polar surface area (TPSA) is 158 Å². The first-order valence-corrected chi connectivity index (χ1v) is 12.8. The number of carbonyl (C=O) groups excluding carboxylic acids is 3. The van der Waals surface area contributed by atoms with Crippen LogP contribution in [0.2, 0.25) is 0 Å². The van der Waals surface area contributed by atoms with Crippen LogP contribution in [-0.4, -0.2) is 100 Å². The van der Waals surface area contributed by atoms with Gasteiger partial charge in [-0.15, -0.1) is 0 Å². The molecule has 13 nitrogen and oxygen atoms in total. The number of hydrogen-bond donors (Lipinski definition) is 2. The van der Waals surface area contributed by atoms with Gasteiger partial charge in [-0.3, -0.25) is 14.4 Å². The van der Waals surface area contributed by atoms with Gasteiger partial charge in [0.25, 0.3) is 5.91 Å². The van der Waals surface area contributed by atoms with Gasteiger partial charge in [-0.1, -0.05) is 30.3 Å². The van der Waals surface area contributed by atoms with Gasteiger partial charge < -0.3 is 25.0 Å². The van der Waals surface area contributed by atoms with E-state index in [0.717, 1.165) is 6.42 Å². The van der Waals surface area contributed by atoms with E-state index in [0.29, 0.717) is 23.8 Å². The molecule has 2 aromatic rings. The molecule has 1 atom stereocenters. The second kappa shape index (κ2) is 12.8. The molecule has 0 aliphatic carbocycles. The number of hydrogen-bond acceptors (Lipinski definition) is 9.